The Labute approximate surface area is 192 Å². The fourth-order valence-corrected chi connectivity index (χ4v) is 4.74. The number of rotatable bonds is 7. The number of nitrogens with one attached hydrogen (secondary N) is 1. The number of ether oxygens (including phenoxy) is 1. The SMILES string of the molecule is CC(C)c1ccc(N2C(=O)CS[C@H]2c2ccc(NC(=O)COc3ccccc3)cc2)cc1. The molecule has 1 atom stereocenters. The molecular weight excluding hydrogens is 420 g/mol. The minimum atomic E-state index is -0.223. The van der Waals surface area contributed by atoms with Crippen molar-refractivity contribution in [1.29, 1.82) is 0 Å². The van der Waals surface area contributed by atoms with Crippen LogP contribution in [0.3, 0.4) is 0 Å². The van der Waals surface area contributed by atoms with E-state index in [9.17, 15) is 9.59 Å². The lowest BCUT2D eigenvalue weighted by Crippen LogP contribution is -2.27. The van der Waals surface area contributed by atoms with Crippen LogP contribution in [-0.4, -0.2) is 24.2 Å². The molecule has 1 saturated heterocycles. The molecule has 0 radical (unpaired) electrons. The van der Waals surface area contributed by atoms with Gasteiger partial charge in [-0.1, -0.05) is 56.3 Å². The summed E-state index contributed by atoms with van der Waals surface area (Å²) in [5, 5.41) is 2.76. The van der Waals surface area contributed by atoms with Crippen LogP contribution in [0, 0.1) is 0 Å². The number of amides is 2. The molecule has 0 spiro atoms. The minimum absolute atomic E-state index is 0.0567. The second-order valence-corrected chi connectivity index (χ2v) is 9.01. The number of thioether (sulfide) groups is 1. The van der Waals surface area contributed by atoms with Crippen molar-refractivity contribution in [1.82, 2.24) is 0 Å². The van der Waals surface area contributed by atoms with E-state index < -0.39 is 0 Å². The van der Waals surface area contributed by atoms with Gasteiger partial charge in [0.1, 0.15) is 11.1 Å². The number of carbonyl (C=O) groups is 2. The van der Waals surface area contributed by atoms with E-state index in [4.69, 9.17) is 4.74 Å². The summed E-state index contributed by atoms with van der Waals surface area (Å²) in [7, 11) is 0. The van der Waals surface area contributed by atoms with Crippen LogP contribution >= 0.6 is 11.8 Å². The Morgan fingerprint density at radius 2 is 1.72 bits per heavy atom. The normalized spacial score (nSPS) is 15.8. The topological polar surface area (TPSA) is 58.6 Å². The van der Waals surface area contributed by atoms with Gasteiger partial charge in [0.2, 0.25) is 5.91 Å². The van der Waals surface area contributed by atoms with Gasteiger partial charge in [0.25, 0.3) is 5.91 Å². The van der Waals surface area contributed by atoms with E-state index in [1.807, 2.05) is 71.6 Å². The maximum Gasteiger partial charge on any atom is 0.262 e. The van der Waals surface area contributed by atoms with Crippen LogP contribution in [0.1, 0.15) is 36.3 Å². The molecule has 3 aromatic carbocycles. The molecule has 1 heterocycles. The van der Waals surface area contributed by atoms with Crippen LogP contribution in [0.15, 0.2) is 78.9 Å². The number of hydrogen-bond acceptors (Lipinski definition) is 4. The number of anilines is 2. The van der Waals surface area contributed by atoms with Crippen molar-refractivity contribution in [2.24, 2.45) is 0 Å². The summed E-state index contributed by atoms with van der Waals surface area (Å²) in [5.41, 5.74) is 3.87. The van der Waals surface area contributed by atoms with Crippen molar-refractivity contribution >= 4 is 35.0 Å². The molecule has 0 bridgehead atoms. The molecule has 164 valence electrons. The average molecular weight is 447 g/mol. The van der Waals surface area contributed by atoms with Gasteiger partial charge in [-0.15, -0.1) is 11.8 Å². The van der Waals surface area contributed by atoms with Gasteiger partial charge in [-0.2, -0.15) is 0 Å². The molecule has 4 rings (SSSR count). The fraction of sp³-hybridized carbons (Fsp3) is 0.231. The zero-order valence-corrected chi connectivity index (χ0v) is 19.0. The van der Waals surface area contributed by atoms with E-state index in [2.05, 4.69) is 31.3 Å². The van der Waals surface area contributed by atoms with Crippen LogP contribution in [0.25, 0.3) is 0 Å². The first-order chi connectivity index (χ1) is 15.5. The molecule has 0 aromatic heterocycles. The predicted molar refractivity (Wildman–Crippen MR) is 130 cm³/mol. The Balaban J connectivity index is 1.41. The lowest BCUT2D eigenvalue weighted by Gasteiger charge is -2.25. The molecule has 2 amide bonds. The molecule has 32 heavy (non-hydrogen) atoms. The highest BCUT2D eigenvalue weighted by Gasteiger charge is 2.34. The van der Waals surface area contributed by atoms with E-state index in [-0.39, 0.29) is 23.8 Å². The molecule has 1 aliphatic rings. The third kappa shape index (κ3) is 5.14. The Morgan fingerprint density at radius 3 is 2.38 bits per heavy atom. The number of benzene rings is 3. The summed E-state index contributed by atoms with van der Waals surface area (Å²) < 4.78 is 5.48. The minimum Gasteiger partial charge on any atom is -0.484 e. The quantitative estimate of drug-likeness (QED) is 0.513. The van der Waals surface area contributed by atoms with Gasteiger partial charge in [0, 0.05) is 11.4 Å². The van der Waals surface area contributed by atoms with Gasteiger partial charge >= 0.3 is 0 Å². The molecule has 5 nitrogen and oxygen atoms in total. The fourth-order valence-electron chi connectivity index (χ4n) is 3.56. The molecule has 0 saturated carbocycles. The summed E-state index contributed by atoms with van der Waals surface area (Å²) >= 11 is 1.61. The van der Waals surface area contributed by atoms with Crippen LogP contribution in [0.5, 0.6) is 5.75 Å². The first kappa shape index (κ1) is 22.0. The first-order valence-electron chi connectivity index (χ1n) is 10.6. The standard InChI is InChI=1S/C26H26N2O3S/c1-18(2)19-10-14-22(15-11-19)28-25(30)17-32-26(28)20-8-12-21(13-9-20)27-24(29)16-31-23-6-4-3-5-7-23/h3-15,18,26H,16-17H2,1-2H3,(H,27,29)/t26-/m0/s1. The Hall–Kier alpha value is -3.25. The molecule has 1 aliphatic heterocycles. The highest BCUT2D eigenvalue weighted by atomic mass is 32.2. The van der Waals surface area contributed by atoms with Crippen LogP contribution < -0.4 is 15.0 Å². The summed E-state index contributed by atoms with van der Waals surface area (Å²) in [6.45, 7) is 4.25. The Bertz CT molecular complexity index is 1070. The maximum absolute atomic E-state index is 12.6. The molecular formula is C26H26N2O3S. The lowest BCUT2D eigenvalue weighted by molar-refractivity contribution is -0.118. The molecule has 3 aromatic rings. The molecule has 0 aliphatic carbocycles. The van der Waals surface area contributed by atoms with Gasteiger partial charge < -0.3 is 10.1 Å². The van der Waals surface area contributed by atoms with E-state index in [0.29, 0.717) is 23.1 Å². The van der Waals surface area contributed by atoms with Crippen molar-refractivity contribution in [3.05, 3.63) is 90.0 Å². The smallest absolute Gasteiger partial charge is 0.262 e. The third-order valence-corrected chi connectivity index (χ3v) is 6.51. The van der Waals surface area contributed by atoms with Gasteiger partial charge in [0.15, 0.2) is 6.61 Å². The van der Waals surface area contributed by atoms with Gasteiger partial charge in [-0.3, -0.25) is 14.5 Å². The number of nitrogens with zero attached hydrogens (tertiary/aromatic N) is 1. The predicted octanol–water partition coefficient (Wildman–Crippen LogP) is 5.61. The van der Waals surface area contributed by atoms with Crippen LogP contribution in [0.2, 0.25) is 0 Å². The molecule has 1 N–H and O–H groups in total. The third-order valence-electron chi connectivity index (χ3n) is 5.30. The number of para-hydroxylation sites is 1. The summed E-state index contributed by atoms with van der Waals surface area (Å²) in [5.74, 6) is 1.43. The Kier molecular flexibility index (Phi) is 6.81. The Morgan fingerprint density at radius 1 is 1.03 bits per heavy atom. The molecule has 1 fully saturated rings. The second kappa shape index (κ2) is 9.92. The second-order valence-electron chi connectivity index (χ2n) is 7.95. The van der Waals surface area contributed by atoms with E-state index in [1.165, 1.54) is 5.56 Å². The van der Waals surface area contributed by atoms with Crippen molar-refractivity contribution in [3.8, 4) is 5.75 Å². The lowest BCUT2D eigenvalue weighted by atomic mass is 10.0. The van der Waals surface area contributed by atoms with Gasteiger partial charge in [0.05, 0.1) is 5.75 Å². The number of hydrogen-bond donors (Lipinski definition) is 1. The van der Waals surface area contributed by atoms with Gasteiger partial charge in [-0.25, -0.2) is 0 Å². The van der Waals surface area contributed by atoms with Crippen LogP contribution in [-0.2, 0) is 9.59 Å². The van der Waals surface area contributed by atoms with Crippen molar-refractivity contribution in [3.63, 3.8) is 0 Å². The average Bonchev–Trinajstić information content (AvgIpc) is 3.20. The highest BCUT2D eigenvalue weighted by molar-refractivity contribution is 8.00. The summed E-state index contributed by atoms with van der Waals surface area (Å²) in [4.78, 5) is 26.7. The van der Waals surface area contributed by atoms with E-state index in [1.54, 1.807) is 11.8 Å². The highest BCUT2D eigenvalue weighted by Crippen LogP contribution is 2.42. The molecule has 0 unspecified atom stereocenters. The van der Waals surface area contributed by atoms with Crippen molar-refractivity contribution in [2.45, 2.75) is 25.1 Å². The van der Waals surface area contributed by atoms with Crippen molar-refractivity contribution < 1.29 is 14.3 Å². The zero-order valence-electron chi connectivity index (χ0n) is 18.2. The van der Waals surface area contributed by atoms with Crippen LogP contribution in [0.4, 0.5) is 11.4 Å². The van der Waals surface area contributed by atoms with E-state index in [0.717, 1.165) is 11.3 Å². The summed E-state index contributed by atoms with van der Waals surface area (Å²) in [6, 6.07) is 25.1. The largest absolute Gasteiger partial charge is 0.484 e. The maximum atomic E-state index is 12.6. The van der Waals surface area contributed by atoms with E-state index >= 15 is 0 Å². The zero-order chi connectivity index (χ0) is 22.5. The number of carbonyl (C=O) groups excluding carboxylic acids is 2. The monoisotopic (exact) mass is 446 g/mol. The first-order valence-corrected chi connectivity index (χ1v) is 11.7. The van der Waals surface area contributed by atoms with Crippen molar-refractivity contribution in [2.75, 3.05) is 22.6 Å². The van der Waals surface area contributed by atoms with Gasteiger partial charge in [-0.05, 0) is 53.4 Å². The molecule has 6 heteroatoms. The summed E-state index contributed by atoms with van der Waals surface area (Å²) in [6.07, 6.45) is 0.